The number of aryl methyl sites for hydroxylation is 1. The van der Waals surface area contributed by atoms with Crippen molar-refractivity contribution in [2.45, 2.75) is 39.8 Å². The summed E-state index contributed by atoms with van der Waals surface area (Å²) >= 11 is 0. The third-order valence-corrected chi connectivity index (χ3v) is 4.06. The van der Waals surface area contributed by atoms with E-state index < -0.39 is 0 Å². The maximum absolute atomic E-state index is 12.3. The molecule has 132 valence electrons. The van der Waals surface area contributed by atoms with E-state index in [9.17, 15) is 9.59 Å². The average molecular weight is 339 g/mol. The number of carbonyl (C=O) groups is 2. The minimum Gasteiger partial charge on any atom is -0.332 e. The fraction of sp³-hybridized carbons (Fsp3) is 0.300. The average Bonchev–Trinajstić information content (AvgIpc) is 2.54. The molecule has 3 N–H and O–H groups in total. The van der Waals surface area contributed by atoms with Gasteiger partial charge in [-0.2, -0.15) is 0 Å². The zero-order valence-electron chi connectivity index (χ0n) is 15.1. The highest BCUT2D eigenvalue weighted by Crippen LogP contribution is 2.19. The van der Waals surface area contributed by atoms with Crippen LogP contribution in [0.2, 0.25) is 0 Å². The van der Waals surface area contributed by atoms with Crippen molar-refractivity contribution in [1.82, 2.24) is 10.6 Å². The van der Waals surface area contributed by atoms with Crippen molar-refractivity contribution in [3.8, 4) is 0 Å². The number of benzene rings is 2. The van der Waals surface area contributed by atoms with E-state index in [0.717, 1.165) is 16.7 Å². The van der Waals surface area contributed by atoms with Crippen LogP contribution in [0.25, 0.3) is 0 Å². The standard InChI is InChI=1S/C20H25N3O2/c1-13-8-5-6-11-19(13)15(3)22-20(25)21-14(2)17-9-7-10-18(12-17)23-16(4)24/h5-12,14-15H,1-4H3,(H,23,24)(H2,21,22,25)/t14-,15-/m1/s1. The van der Waals surface area contributed by atoms with Crippen molar-refractivity contribution in [1.29, 1.82) is 0 Å². The molecule has 2 aromatic carbocycles. The van der Waals surface area contributed by atoms with Crippen molar-refractivity contribution in [2.24, 2.45) is 0 Å². The second-order valence-electron chi connectivity index (χ2n) is 6.22. The van der Waals surface area contributed by atoms with Gasteiger partial charge in [0.1, 0.15) is 0 Å². The topological polar surface area (TPSA) is 70.2 Å². The highest BCUT2D eigenvalue weighted by molar-refractivity contribution is 5.88. The van der Waals surface area contributed by atoms with Crippen LogP contribution in [0.4, 0.5) is 10.5 Å². The third-order valence-electron chi connectivity index (χ3n) is 4.06. The van der Waals surface area contributed by atoms with E-state index in [1.165, 1.54) is 6.92 Å². The van der Waals surface area contributed by atoms with Gasteiger partial charge in [0.2, 0.25) is 5.91 Å². The van der Waals surface area contributed by atoms with E-state index in [1.807, 2.05) is 69.3 Å². The van der Waals surface area contributed by atoms with Gasteiger partial charge in [-0.3, -0.25) is 4.79 Å². The van der Waals surface area contributed by atoms with Crippen LogP contribution in [-0.4, -0.2) is 11.9 Å². The number of urea groups is 1. The second kappa shape index (κ2) is 8.33. The Kier molecular flexibility index (Phi) is 6.17. The summed E-state index contributed by atoms with van der Waals surface area (Å²) in [4.78, 5) is 23.5. The molecule has 0 saturated carbocycles. The Bertz CT molecular complexity index is 758. The Morgan fingerprint density at radius 3 is 2.28 bits per heavy atom. The van der Waals surface area contributed by atoms with Gasteiger partial charge in [0, 0.05) is 12.6 Å². The lowest BCUT2D eigenvalue weighted by Gasteiger charge is -2.20. The maximum Gasteiger partial charge on any atom is 0.315 e. The van der Waals surface area contributed by atoms with Crippen molar-refractivity contribution >= 4 is 17.6 Å². The molecule has 0 aliphatic carbocycles. The Labute approximate surface area is 148 Å². The Balaban J connectivity index is 1.98. The minimum atomic E-state index is -0.229. The van der Waals surface area contributed by atoms with Crippen molar-refractivity contribution < 1.29 is 9.59 Å². The number of hydrogen-bond acceptors (Lipinski definition) is 2. The van der Waals surface area contributed by atoms with E-state index in [4.69, 9.17) is 0 Å². The molecule has 2 atom stereocenters. The van der Waals surface area contributed by atoms with Crippen LogP contribution in [0.15, 0.2) is 48.5 Å². The summed E-state index contributed by atoms with van der Waals surface area (Å²) in [5, 5.41) is 8.64. The number of anilines is 1. The Morgan fingerprint density at radius 1 is 0.920 bits per heavy atom. The molecular weight excluding hydrogens is 314 g/mol. The summed E-state index contributed by atoms with van der Waals surface area (Å²) in [6.45, 7) is 7.37. The van der Waals surface area contributed by atoms with Gasteiger partial charge in [-0.25, -0.2) is 4.79 Å². The molecule has 3 amide bonds. The fourth-order valence-electron chi connectivity index (χ4n) is 2.76. The second-order valence-corrected chi connectivity index (χ2v) is 6.22. The fourth-order valence-corrected chi connectivity index (χ4v) is 2.76. The summed E-state index contributed by atoms with van der Waals surface area (Å²) in [6, 6.07) is 14.9. The molecule has 5 heteroatoms. The van der Waals surface area contributed by atoms with Crippen LogP contribution in [-0.2, 0) is 4.79 Å². The van der Waals surface area contributed by atoms with Crippen LogP contribution in [0.5, 0.6) is 0 Å². The third kappa shape index (κ3) is 5.35. The van der Waals surface area contributed by atoms with Crippen LogP contribution in [0, 0.1) is 6.92 Å². The van der Waals surface area contributed by atoms with E-state index in [2.05, 4.69) is 16.0 Å². The molecule has 0 heterocycles. The first-order valence-electron chi connectivity index (χ1n) is 8.37. The van der Waals surface area contributed by atoms with E-state index in [1.54, 1.807) is 0 Å². The molecule has 25 heavy (non-hydrogen) atoms. The molecule has 0 radical (unpaired) electrons. The molecule has 2 aromatic rings. The predicted molar refractivity (Wildman–Crippen MR) is 100 cm³/mol. The first-order chi connectivity index (χ1) is 11.9. The smallest absolute Gasteiger partial charge is 0.315 e. The summed E-state index contributed by atoms with van der Waals surface area (Å²) in [7, 11) is 0. The molecule has 5 nitrogen and oxygen atoms in total. The lowest BCUT2D eigenvalue weighted by Crippen LogP contribution is -2.38. The van der Waals surface area contributed by atoms with Crippen LogP contribution in [0.3, 0.4) is 0 Å². The first-order valence-corrected chi connectivity index (χ1v) is 8.37. The van der Waals surface area contributed by atoms with Crippen LogP contribution < -0.4 is 16.0 Å². The number of hydrogen-bond donors (Lipinski definition) is 3. The largest absolute Gasteiger partial charge is 0.332 e. The van der Waals surface area contributed by atoms with E-state index in [0.29, 0.717) is 5.69 Å². The molecular formula is C20H25N3O2. The molecule has 0 saturated heterocycles. The summed E-state index contributed by atoms with van der Waals surface area (Å²) in [6.07, 6.45) is 0. The molecule has 0 fully saturated rings. The zero-order valence-corrected chi connectivity index (χ0v) is 15.1. The van der Waals surface area contributed by atoms with Crippen molar-refractivity contribution in [2.75, 3.05) is 5.32 Å². The van der Waals surface area contributed by atoms with Gasteiger partial charge in [-0.1, -0.05) is 36.4 Å². The van der Waals surface area contributed by atoms with Crippen LogP contribution >= 0.6 is 0 Å². The van der Waals surface area contributed by atoms with Crippen molar-refractivity contribution in [3.63, 3.8) is 0 Å². The van der Waals surface area contributed by atoms with Gasteiger partial charge in [0.05, 0.1) is 12.1 Å². The molecule has 0 aromatic heterocycles. The first kappa shape index (κ1) is 18.5. The van der Waals surface area contributed by atoms with Crippen LogP contribution in [0.1, 0.15) is 49.5 Å². The van der Waals surface area contributed by atoms with E-state index in [-0.39, 0.29) is 24.0 Å². The highest BCUT2D eigenvalue weighted by Gasteiger charge is 2.14. The number of rotatable bonds is 5. The normalized spacial score (nSPS) is 12.8. The molecule has 0 aliphatic rings. The molecule has 0 aliphatic heterocycles. The molecule has 2 rings (SSSR count). The summed E-state index contributed by atoms with van der Waals surface area (Å²) < 4.78 is 0. The number of amides is 3. The van der Waals surface area contributed by atoms with Gasteiger partial charge in [-0.15, -0.1) is 0 Å². The van der Waals surface area contributed by atoms with Gasteiger partial charge >= 0.3 is 6.03 Å². The lowest BCUT2D eigenvalue weighted by atomic mass is 10.0. The van der Waals surface area contributed by atoms with Crippen molar-refractivity contribution in [3.05, 3.63) is 65.2 Å². The molecule has 0 unspecified atom stereocenters. The minimum absolute atomic E-state index is 0.0842. The number of carbonyl (C=O) groups excluding carboxylic acids is 2. The summed E-state index contributed by atoms with van der Waals surface area (Å²) in [5.74, 6) is -0.123. The van der Waals surface area contributed by atoms with Gasteiger partial charge in [-0.05, 0) is 49.6 Å². The van der Waals surface area contributed by atoms with Gasteiger partial charge < -0.3 is 16.0 Å². The van der Waals surface area contributed by atoms with Gasteiger partial charge in [0.15, 0.2) is 0 Å². The maximum atomic E-state index is 12.3. The molecule has 0 bridgehead atoms. The van der Waals surface area contributed by atoms with Gasteiger partial charge in [0.25, 0.3) is 0 Å². The monoisotopic (exact) mass is 339 g/mol. The Morgan fingerprint density at radius 2 is 1.60 bits per heavy atom. The highest BCUT2D eigenvalue weighted by atomic mass is 16.2. The summed E-state index contributed by atoms with van der Waals surface area (Å²) in [5.41, 5.74) is 3.88. The Hall–Kier alpha value is -2.82. The molecule has 0 spiro atoms. The number of nitrogens with one attached hydrogen (secondary N) is 3. The quantitative estimate of drug-likeness (QED) is 0.768. The van der Waals surface area contributed by atoms with E-state index >= 15 is 0 Å². The SMILES string of the molecule is CC(=O)Nc1cccc([C@@H](C)NC(=O)N[C@H](C)c2ccccc2C)c1. The predicted octanol–water partition coefficient (Wildman–Crippen LogP) is 4.07. The zero-order chi connectivity index (χ0) is 18.4. The lowest BCUT2D eigenvalue weighted by molar-refractivity contribution is -0.114.